The van der Waals surface area contributed by atoms with E-state index in [4.69, 9.17) is 4.42 Å². The number of rotatable bonds is 4. The first-order chi connectivity index (χ1) is 12.7. The molecule has 4 nitrogen and oxygen atoms in total. The molecule has 0 saturated heterocycles. The van der Waals surface area contributed by atoms with Crippen molar-refractivity contribution in [2.75, 3.05) is 0 Å². The van der Waals surface area contributed by atoms with Gasteiger partial charge >= 0.3 is 0 Å². The Labute approximate surface area is 150 Å². The van der Waals surface area contributed by atoms with Gasteiger partial charge in [0.15, 0.2) is 12.0 Å². The van der Waals surface area contributed by atoms with Crippen LogP contribution in [0.2, 0.25) is 0 Å². The second-order valence-electron chi connectivity index (χ2n) is 5.83. The van der Waals surface area contributed by atoms with Crippen LogP contribution in [0.25, 0.3) is 34.4 Å². The summed E-state index contributed by atoms with van der Waals surface area (Å²) in [6.45, 7) is 0. The lowest BCUT2D eigenvalue weighted by Crippen LogP contribution is -1.85. The van der Waals surface area contributed by atoms with Gasteiger partial charge in [0.1, 0.15) is 17.0 Å². The smallest absolute Gasteiger partial charge is 0.185 e. The molecule has 4 aromatic rings. The van der Waals surface area contributed by atoms with E-state index < -0.39 is 0 Å². The third kappa shape index (κ3) is 3.00. The number of hydrogen-bond donors (Lipinski definition) is 1. The maximum Gasteiger partial charge on any atom is 0.185 e. The lowest BCUT2D eigenvalue weighted by atomic mass is 10.0. The first-order valence-electron chi connectivity index (χ1n) is 8.16. The van der Waals surface area contributed by atoms with E-state index in [1.165, 1.54) is 0 Å². The second kappa shape index (κ2) is 6.69. The summed E-state index contributed by atoms with van der Waals surface area (Å²) in [4.78, 5) is 15.3. The zero-order valence-electron chi connectivity index (χ0n) is 13.8. The number of aromatic hydroxyl groups is 1. The highest BCUT2D eigenvalue weighted by Gasteiger charge is 2.07. The van der Waals surface area contributed by atoms with E-state index in [0.717, 1.165) is 22.2 Å². The van der Waals surface area contributed by atoms with Crippen LogP contribution in [0.15, 0.2) is 71.1 Å². The summed E-state index contributed by atoms with van der Waals surface area (Å²) in [5.41, 5.74) is 3.14. The third-order valence-corrected chi connectivity index (χ3v) is 4.12. The average molecular weight is 341 g/mol. The van der Waals surface area contributed by atoms with E-state index in [1.54, 1.807) is 24.3 Å². The highest BCUT2D eigenvalue weighted by atomic mass is 16.3. The SMILES string of the molecule is O=Cc1ccc(-c2ccccc2C=Cc2ccc3cccc(O)c3n2)o1. The molecule has 0 aliphatic rings. The summed E-state index contributed by atoms with van der Waals surface area (Å²) in [5, 5.41) is 10.9. The van der Waals surface area contributed by atoms with Crippen LogP contribution >= 0.6 is 0 Å². The quantitative estimate of drug-likeness (QED) is 0.519. The zero-order valence-corrected chi connectivity index (χ0v) is 13.8. The number of aldehydes is 1. The predicted octanol–water partition coefficient (Wildman–Crippen LogP) is 5.18. The highest BCUT2D eigenvalue weighted by Crippen LogP contribution is 2.27. The predicted molar refractivity (Wildman–Crippen MR) is 102 cm³/mol. The van der Waals surface area contributed by atoms with Crippen LogP contribution in [0.4, 0.5) is 0 Å². The summed E-state index contributed by atoms with van der Waals surface area (Å²) in [5.74, 6) is 1.09. The lowest BCUT2D eigenvalue weighted by molar-refractivity contribution is 0.110. The van der Waals surface area contributed by atoms with Gasteiger partial charge in [0, 0.05) is 10.9 Å². The van der Waals surface area contributed by atoms with Crippen molar-refractivity contribution in [1.82, 2.24) is 4.98 Å². The summed E-state index contributed by atoms with van der Waals surface area (Å²) in [7, 11) is 0. The fourth-order valence-corrected chi connectivity index (χ4v) is 2.84. The number of fused-ring (bicyclic) bond motifs is 1. The molecule has 0 aliphatic carbocycles. The molecule has 0 aliphatic heterocycles. The topological polar surface area (TPSA) is 63.3 Å². The van der Waals surface area contributed by atoms with Gasteiger partial charge < -0.3 is 9.52 Å². The van der Waals surface area contributed by atoms with Gasteiger partial charge in [0.05, 0.1) is 5.69 Å². The van der Waals surface area contributed by atoms with Crippen LogP contribution in [0.3, 0.4) is 0 Å². The molecule has 126 valence electrons. The molecular weight excluding hydrogens is 326 g/mol. The Morgan fingerprint density at radius 1 is 0.885 bits per heavy atom. The summed E-state index contributed by atoms with van der Waals surface area (Å²) < 4.78 is 5.53. The van der Waals surface area contributed by atoms with E-state index in [0.29, 0.717) is 23.3 Å². The van der Waals surface area contributed by atoms with Crippen molar-refractivity contribution in [3.05, 3.63) is 83.7 Å². The number of phenols is 1. The fourth-order valence-electron chi connectivity index (χ4n) is 2.84. The Kier molecular flexibility index (Phi) is 4.07. The van der Waals surface area contributed by atoms with Crippen molar-refractivity contribution < 1.29 is 14.3 Å². The van der Waals surface area contributed by atoms with Crippen molar-refractivity contribution in [3.8, 4) is 17.1 Å². The number of carbonyl (C=O) groups is 1. The largest absolute Gasteiger partial charge is 0.506 e. The molecular formula is C22H15NO3. The molecule has 2 aromatic carbocycles. The van der Waals surface area contributed by atoms with E-state index >= 15 is 0 Å². The van der Waals surface area contributed by atoms with Gasteiger partial charge in [-0.3, -0.25) is 4.79 Å². The molecule has 0 amide bonds. The molecule has 0 fully saturated rings. The Morgan fingerprint density at radius 2 is 1.77 bits per heavy atom. The standard InChI is InChI=1S/C22H15NO3/c24-14-18-12-13-21(26-18)19-6-2-1-4-15(19)8-10-17-11-9-16-5-3-7-20(25)22(16)23-17/h1-14,25H. The molecule has 1 N–H and O–H groups in total. The summed E-state index contributed by atoms with van der Waals surface area (Å²) in [6, 6.07) is 20.3. The zero-order chi connectivity index (χ0) is 17.9. The molecule has 2 aromatic heterocycles. The summed E-state index contributed by atoms with van der Waals surface area (Å²) >= 11 is 0. The van der Waals surface area contributed by atoms with Gasteiger partial charge in [-0.15, -0.1) is 0 Å². The van der Waals surface area contributed by atoms with Gasteiger partial charge in [-0.2, -0.15) is 0 Å². The van der Waals surface area contributed by atoms with Crippen molar-refractivity contribution in [3.63, 3.8) is 0 Å². The average Bonchev–Trinajstić information content (AvgIpc) is 3.16. The Morgan fingerprint density at radius 3 is 2.62 bits per heavy atom. The first kappa shape index (κ1) is 15.8. The molecule has 4 heteroatoms. The van der Waals surface area contributed by atoms with Crippen LogP contribution < -0.4 is 0 Å². The van der Waals surface area contributed by atoms with Crippen LogP contribution in [-0.4, -0.2) is 16.4 Å². The molecule has 0 radical (unpaired) electrons. The summed E-state index contributed by atoms with van der Waals surface area (Å²) in [6.07, 6.45) is 4.51. The monoisotopic (exact) mass is 341 g/mol. The number of aromatic nitrogens is 1. The molecule has 2 heterocycles. The number of hydrogen-bond acceptors (Lipinski definition) is 4. The maximum absolute atomic E-state index is 10.8. The number of phenolic OH excluding ortho intramolecular Hbond substituents is 1. The van der Waals surface area contributed by atoms with E-state index in [2.05, 4.69) is 4.98 Å². The first-order valence-corrected chi connectivity index (χ1v) is 8.16. The molecule has 0 saturated carbocycles. The van der Waals surface area contributed by atoms with E-state index in [-0.39, 0.29) is 5.75 Å². The van der Waals surface area contributed by atoms with Crippen molar-refractivity contribution in [2.24, 2.45) is 0 Å². The van der Waals surface area contributed by atoms with E-state index in [9.17, 15) is 9.90 Å². The number of carbonyl (C=O) groups excluding carboxylic acids is 1. The third-order valence-electron chi connectivity index (χ3n) is 4.12. The molecule has 4 rings (SSSR count). The Balaban J connectivity index is 1.71. The molecule has 0 unspecified atom stereocenters. The van der Waals surface area contributed by atoms with Gasteiger partial charge in [0.2, 0.25) is 0 Å². The number of furan rings is 1. The number of benzene rings is 2. The minimum Gasteiger partial charge on any atom is -0.506 e. The number of nitrogens with zero attached hydrogens (tertiary/aromatic N) is 1. The number of para-hydroxylation sites is 1. The molecule has 0 bridgehead atoms. The minimum absolute atomic E-state index is 0.162. The van der Waals surface area contributed by atoms with Crippen LogP contribution in [0.1, 0.15) is 21.8 Å². The van der Waals surface area contributed by atoms with Gasteiger partial charge in [-0.05, 0) is 35.9 Å². The van der Waals surface area contributed by atoms with Gasteiger partial charge in [-0.25, -0.2) is 4.98 Å². The minimum atomic E-state index is 0.162. The number of pyridine rings is 1. The van der Waals surface area contributed by atoms with E-state index in [1.807, 2.05) is 54.6 Å². The second-order valence-corrected chi connectivity index (χ2v) is 5.83. The molecule has 0 atom stereocenters. The Bertz CT molecular complexity index is 1130. The normalized spacial score (nSPS) is 11.2. The lowest BCUT2D eigenvalue weighted by Gasteiger charge is -2.04. The van der Waals surface area contributed by atoms with Crippen LogP contribution in [-0.2, 0) is 0 Å². The molecule has 0 spiro atoms. The van der Waals surface area contributed by atoms with Gasteiger partial charge in [0.25, 0.3) is 0 Å². The van der Waals surface area contributed by atoms with Crippen LogP contribution in [0.5, 0.6) is 5.75 Å². The highest BCUT2D eigenvalue weighted by molar-refractivity contribution is 5.86. The van der Waals surface area contributed by atoms with Crippen molar-refractivity contribution in [2.45, 2.75) is 0 Å². The molecule has 26 heavy (non-hydrogen) atoms. The fraction of sp³-hybridized carbons (Fsp3) is 0. The van der Waals surface area contributed by atoms with Crippen molar-refractivity contribution in [1.29, 1.82) is 0 Å². The maximum atomic E-state index is 10.8. The van der Waals surface area contributed by atoms with Gasteiger partial charge in [-0.1, -0.05) is 48.5 Å². The van der Waals surface area contributed by atoms with Crippen LogP contribution in [0, 0.1) is 0 Å². The van der Waals surface area contributed by atoms with Crippen molar-refractivity contribution >= 4 is 29.3 Å². The Hall–Kier alpha value is -3.66.